The normalized spacial score (nSPS) is 13.5. The minimum Gasteiger partial charge on any atom is -0.185 e. The summed E-state index contributed by atoms with van der Waals surface area (Å²) < 4.78 is 0. The van der Waals surface area contributed by atoms with Crippen LogP contribution in [0.4, 0.5) is 0 Å². The Kier molecular flexibility index (Phi) is 18.8. The molecule has 0 heterocycles. The van der Waals surface area contributed by atoms with Crippen LogP contribution in [0, 0.1) is 0 Å². The first-order valence-electron chi connectivity index (χ1n) is 10.8. The number of azo groups is 1. The second-order valence-electron chi connectivity index (χ2n) is 7.05. The Morgan fingerprint density at radius 1 is 0.769 bits per heavy atom. The van der Waals surface area contributed by atoms with Gasteiger partial charge in [-0.3, -0.25) is 0 Å². The minimum absolute atomic E-state index is 0.355. The van der Waals surface area contributed by atoms with Crippen molar-refractivity contribution in [3.05, 3.63) is 49.2 Å². The van der Waals surface area contributed by atoms with Crippen molar-refractivity contribution >= 4 is 0 Å². The van der Waals surface area contributed by atoms with Gasteiger partial charge >= 0.3 is 0 Å². The zero-order valence-corrected chi connectivity index (χ0v) is 17.5. The van der Waals surface area contributed by atoms with E-state index in [0.717, 1.165) is 18.5 Å². The fraction of sp³-hybridized carbons (Fsp3) is 0.667. The highest BCUT2D eigenvalue weighted by atomic mass is 15.1. The van der Waals surface area contributed by atoms with Gasteiger partial charge in [-0.05, 0) is 25.0 Å². The Morgan fingerprint density at radius 3 is 1.81 bits per heavy atom. The molecule has 1 atom stereocenters. The number of allylic oxidation sites excluding steroid dienone is 5. The lowest BCUT2D eigenvalue weighted by atomic mass is 10.0. The quantitative estimate of drug-likeness (QED) is 0.133. The molecule has 0 bridgehead atoms. The highest BCUT2D eigenvalue weighted by Gasteiger charge is 2.07. The summed E-state index contributed by atoms with van der Waals surface area (Å²) in [6.45, 7) is 12.0. The Bertz CT molecular complexity index is 418. The van der Waals surface area contributed by atoms with Crippen LogP contribution in [0.25, 0.3) is 0 Å². The standard InChI is InChI=1S/C24H42N2/c1-5-9-12-14-16-18-22-24(21-17-15-13-10-6-2)26-25-23(19-8-4)20-11-7-3/h7-8,11,19-20,24H,3-6,9-10,12-18,21-22H2,1-2H3/b20-11-,23-19+,26-25+. The lowest BCUT2D eigenvalue weighted by Gasteiger charge is -2.11. The summed E-state index contributed by atoms with van der Waals surface area (Å²) in [6.07, 6.45) is 26.1. The van der Waals surface area contributed by atoms with E-state index in [1.54, 1.807) is 12.2 Å². The van der Waals surface area contributed by atoms with Crippen molar-refractivity contribution in [2.75, 3.05) is 0 Å². The molecule has 0 saturated carbocycles. The zero-order chi connectivity index (χ0) is 19.3. The summed E-state index contributed by atoms with van der Waals surface area (Å²) in [5.74, 6) is 0. The molecule has 0 aromatic carbocycles. The van der Waals surface area contributed by atoms with Gasteiger partial charge in [0.05, 0.1) is 11.7 Å². The summed E-state index contributed by atoms with van der Waals surface area (Å²) in [4.78, 5) is 0. The maximum Gasteiger partial charge on any atom is 0.0852 e. The smallest absolute Gasteiger partial charge is 0.0852 e. The van der Waals surface area contributed by atoms with Gasteiger partial charge in [0.15, 0.2) is 0 Å². The van der Waals surface area contributed by atoms with Crippen LogP contribution < -0.4 is 0 Å². The lowest BCUT2D eigenvalue weighted by molar-refractivity contribution is 0.475. The highest BCUT2D eigenvalue weighted by molar-refractivity contribution is 5.23. The van der Waals surface area contributed by atoms with E-state index >= 15 is 0 Å². The third kappa shape index (κ3) is 16.1. The van der Waals surface area contributed by atoms with Crippen LogP contribution >= 0.6 is 0 Å². The number of hydrogen-bond donors (Lipinski definition) is 0. The summed E-state index contributed by atoms with van der Waals surface area (Å²) in [6, 6.07) is 0.355. The second-order valence-corrected chi connectivity index (χ2v) is 7.05. The fourth-order valence-electron chi connectivity index (χ4n) is 2.96. The van der Waals surface area contributed by atoms with Gasteiger partial charge in [0, 0.05) is 0 Å². The molecule has 1 unspecified atom stereocenters. The van der Waals surface area contributed by atoms with Crippen LogP contribution in [0.5, 0.6) is 0 Å². The summed E-state index contributed by atoms with van der Waals surface area (Å²) in [5.41, 5.74) is 0.846. The molecule has 0 aromatic rings. The van der Waals surface area contributed by atoms with E-state index < -0.39 is 0 Å². The molecule has 0 amide bonds. The van der Waals surface area contributed by atoms with E-state index in [9.17, 15) is 0 Å². The molecule has 2 nitrogen and oxygen atoms in total. The Morgan fingerprint density at radius 2 is 1.31 bits per heavy atom. The van der Waals surface area contributed by atoms with Crippen LogP contribution in [0.3, 0.4) is 0 Å². The molecule has 0 rings (SSSR count). The van der Waals surface area contributed by atoms with Crippen molar-refractivity contribution in [2.24, 2.45) is 10.2 Å². The second kappa shape index (κ2) is 19.9. The number of nitrogens with zero attached hydrogens (tertiary/aromatic N) is 2. The van der Waals surface area contributed by atoms with Crippen molar-refractivity contribution in [1.29, 1.82) is 0 Å². The predicted molar refractivity (Wildman–Crippen MR) is 118 cm³/mol. The van der Waals surface area contributed by atoms with Crippen molar-refractivity contribution in [3.63, 3.8) is 0 Å². The number of hydrogen-bond acceptors (Lipinski definition) is 2. The molecule has 26 heavy (non-hydrogen) atoms. The Balaban J connectivity index is 4.50. The van der Waals surface area contributed by atoms with Crippen molar-refractivity contribution in [1.82, 2.24) is 0 Å². The van der Waals surface area contributed by atoms with Crippen LogP contribution in [0.2, 0.25) is 0 Å². The number of rotatable bonds is 18. The first-order valence-corrected chi connectivity index (χ1v) is 10.8. The molecule has 0 N–H and O–H groups in total. The van der Waals surface area contributed by atoms with E-state index in [2.05, 4.69) is 37.2 Å². The van der Waals surface area contributed by atoms with Crippen molar-refractivity contribution in [3.8, 4) is 0 Å². The van der Waals surface area contributed by atoms with Gasteiger partial charge in [0.25, 0.3) is 0 Å². The highest BCUT2D eigenvalue weighted by Crippen LogP contribution is 2.17. The predicted octanol–water partition coefficient (Wildman–Crippen LogP) is 8.73. The molecule has 2 heteroatoms. The molecule has 0 saturated heterocycles. The number of unbranched alkanes of at least 4 members (excludes halogenated alkanes) is 9. The molecule has 0 aliphatic heterocycles. The largest absolute Gasteiger partial charge is 0.185 e. The molecular formula is C24H42N2. The molecule has 0 aromatic heterocycles. The van der Waals surface area contributed by atoms with Gasteiger partial charge in [-0.1, -0.05) is 116 Å². The van der Waals surface area contributed by atoms with Gasteiger partial charge in [-0.15, -0.1) is 0 Å². The SMILES string of the molecule is C=C\C=C/C(=C\C=C)/N=N/C(CCCCCCC)CCCCCCCC. The molecular weight excluding hydrogens is 316 g/mol. The van der Waals surface area contributed by atoms with Crippen LogP contribution in [0.15, 0.2) is 59.5 Å². The molecule has 0 fully saturated rings. The van der Waals surface area contributed by atoms with Crippen molar-refractivity contribution < 1.29 is 0 Å². The monoisotopic (exact) mass is 358 g/mol. The van der Waals surface area contributed by atoms with Gasteiger partial charge in [-0.2, -0.15) is 10.2 Å². The molecule has 0 spiro atoms. The van der Waals surface area contributed by atoms with Gasteiger partial charge in [-0.25, -0.2) is 0 Å². The average molecular weight is 359 g/mol. The summed E-state index contributed by atoms with van der Waals surface area (Å²) in [5, 5.41) is 9.15. The van der Waals surface area contributed by atoms with Crippen LogP contribution in [-0.4, -0.2) is 6.04 Å². The van der Waals surface area contributed by atoms with E-state index in [0.29, 0.717) is 6.04 Å². The summed E-state index contributed by atoms with van der Waals surface area (Å²) >= 11 is 0. The fourth-order valence-corrected chi connectivity index (χ4v) is 2.96. The summed E-state index contributed by atoms with van der Waals surface area (Å²) in [7, 11) is 0. The van der Waals surface area contributed by atoms with E-state index in [1.165, 1.54) is 70.6 Å². The molecule has 148 valence electrons. The minimum atomic E-state index is 0.355. The van der Waals surface area contributed by atoms with E-state index in [-0.39, 0.29) is 0 Å². The van der Waals surface area contributed by atoms with Gasteiger partial charge in [0.2, 0.25) is 0 Å². The molecule has 0 radical (unpaired) electrons. The van der Waals surface area contributed by atoms with Crippen LogP contribution in [-0.2, 0) is 0 Å². The Labute approximate surface area is 163 Å². The topological polar surface area (TPSA) is 24.7 Å². The molecule has 0 aliphatic rings. The Hall–Kier alpha value is -1.44. The first kappa shape index (κ1) is 24.6. The first-order chi connectivity index (χ1) is 12.8. The van der Waals surface area contributed by atoms with Gasteiger partial charge in [0.1, 0.15) is 0 Å². The molecule has 0 aliphatic carbocycles. The average Bonchev–Trinajstić information content (AvgIpc) is 2.65. The van der Waals surface area contributed by atoms with E-state index in [1.807, 2.05) is 18.2 Å². The maximum atomic E-state index is 4.67. The van der Waals surface area contributed by atoms with E-state index in [4.69, 9.17) is 0 Å². The lowest BCUT2D eigenvalue weighted by Crippen LogP contribution is -2.04. The third-order valence-electron chi connectivity index (χ3n) is 4.56. The van der Waals surface area contributed by atoms with Crippen molar-refractivity contribution in [2.45, 2.75) is 103 Å². The zero-order valence-electron chi connectivity index (χ0n) is 17.5. The van der Waals surface area contributed by atoms with Crippen LogP contribution in [0.1, 0.15) is 97.3 Å². The van der Waals surface area contributed by atoms with Gasteiger partial charge < -0.3 is 0 Å². The third-order valence-corrected chi connectivity index (χ3v) is 4.56. The maximum absolute atomic E-state index is 4.67.